The molecular formula is C26H40O2S. The van der Waals surface area contributed by atoms with Crippen LogP contribution in [-0.4, -0.2) is 33.4 Å². The topological polar surface area (TPSA) is 40.5 Å². The molecule has 0 aliphatic heterocycles. The molecule has 29 heavy (non-hydrogen) atoms. The van der Waals surface area contributed by atoms with Crippen molar-refractivity contribution in [3.8, 4) is 0 Å². The third-order valence-corrected chi connectivity index (χ3v) is 9.92. The van der Waals surface area contributed by atoms with E-state index >= 15 is 0 Å². The molecule has 0 spiro atoms. The number of fused-ring (bicyclic) bond motifs is 5. The Balaban J connectivity index is 1.54. The SMILES string of the molecule is CC(C)(O)CCS[C@H](CO)C1=CC[C@H]2C3=CC=C4CCCC[C@]4(C)[C@H]3CC[C@]12C. The number of aliphatic hydroxyl groups is 2. The lowest BCUT2D eigenvalue weighted by atomic mass is 9.50. The molecule has 0 saturated heterocycles. The predicted octanol–water partition coefficient (Wildman–Crippen LogP) is 6.05. The summed E-state index contributed by atoms with van der Waals surface area (Å²) in [6.45, 7) is 8.96. The van der Waals surface area contributed by atoms with E-state index in [2.05, 4.69) is 32.1 Å². The van der Waals surface area contributed by atoms with E-state index in [1.165, 1.54) is 44.1 Å². The average molecular weight is 417 g/mol. The molecule has 2 saturated carbocycles. The minimum Gasteiger partial charge on any atom is -0.395 e. The number of rotatable bonds is 6. The summed E-state index contributed by atoms with van der Waals surface area (Å²) >= 11 is 1.84. The molecule has 0 aromatic carbocycles. The van der Waals surface area contributed by atoms with Crippen LogP contribution >= 0.6 is 11.8 Å². The molecule has 3 heteroatoms. The van der Waals surface area contributed by atoms with Crippen LogP contribution in [0.4, 0.5) is 0 Å². The van der Waals surface area contributed by atoms with Gasteiger partial charge in [-0.3, -0.25) is 0 Å². The Labute approximate surface area is 181 Å². The van der Waals surface area contributed by atoms with Crippen LogP contribution < -0.4 is 0 Å². The predicted molar refractivity (Wildman–Crippen MR) is 124 cm³/mol. The van der Waals surface area contributed by atoms with Crippen molar-refractivity contribution >= 4 is 11.8 Å². The fraction of sp³-hybridized carbons (Fsp3) is 0.769. The van der Waals surface area contributed by atoms with Gasteiger partial charge in [0.25, 0.3) is 0 Å². The lowest BCUT2D eigenvalue weighted by Crippen LogP contribution is -2.45. The van der Waals surface area contributed by atoms with Crippen LogP contribution in [0.25, 0.3) is 0 Å². The summed E-state index contributed by atoms with van der Waals surface area (Å²) in [5.74, 6) is 2.23. The first kappa shape index (κ1) is 21.7. The second-order valence-electron chi connectivity index (χ2n) is 11.0. The van der Waals surface area contributed by atoms with Crippen molar-refractivity contribution in [2.75, 3.05) is 12.4 Å². The van der Waals surface area contributed by atoms with Crippen LogP contribution in [0.5, 0.6) is 0 Å². The van der Waals surface area contributed by atoms with Gasteiger partial charge in [-0.25, -0.2) is 0 Å². The summed E-state index contributed by atoms with van der Waals surface area (Å²) in [7, 11) is 0. The Morgan fingerprint density at radius 2 is 1.93 bits per heavy atom. The minimum atomic E-state index is -0.631. The van der Waals surface area contributed by atoms with Gasteiger partial charge in [0.2, 0.25) is 0 Å². The molecule has 4 aliphatic rings. The zero-order valence-electron chi connectivity index (χ0n) is 18.8. The Kier molecular flexibility index (Phi) is 5.90. The maximum absolute atomic E-state index is 10.2. The molecule has 0 bridgehead atoms. The molecule has 2 fully saturated rings. The first-order chi connectivity index (χ1) is 13.7. The summed E-state index contributed by atoms with van der Waals surface area (Å²) in [5.41, 5.74) is 4.85. The molecule has 0 radical (unpaired) electrons. The van der Waals surface area contributed by atoms with E-state index in [4.69, 9.17) is 0 Å². The minimum absolute atomic E-state index is 0.171. The van der Waals surface area contributed by atoms with Crippen LogP contribution in [-0.2, 0) is 0 Å². The van der Waals surface area contributed by atoms with Crippen molar-refractivity contribution in [2.45, 2.75) is 89.9 Å². The number of hydrogen-bond acceptors (Lipinski definition) is 3. The third kappa shape index (κ3) is 3.81. The first-order valence-electron chi connectivity index (χ1n) is 11.8. The van der Waals surface area contributed by atoms with E-state index < -0.39 is 5.60 Å². The molecule has 4 rings (SSSR count). The van der Waals surface area contributed by atoms with E-state index in [-0.39, 0.29) is 17.3 Å². The maximum atomic E-state index is 10.2. The van der Waals surface area contributed by atoms with E-state index in [0.29, 0.717) is 11.3 Å². The van der Waals surface area contributed by atoms with Crippen LogP contribution in [0, 0.1) is 22.7 Å². The van der Waals surface area contributed by atoms with Crippen LogP contribution in [0.3, 0.4) is 0 Å². The molecule has 0 heterocycles. The Bertz CT molecular complexity index is 727. The molecule has 162 valence electrons. The summed E-state index contributed by atoms with van der Waals surface area (Å²) in [6.07, 6.45) is 17.3. The van der Waals surface area contributed by atoms with Crippen molar-refractivity contribution in [3.05, 3.63) is 34.9 Å². The van der Waals surface area contributed by atoms with E-state index in [9.17, 15) is 10.2 Å². The number of aliphatic hydroxyl groups excluding tert-OH is 1. The monoisotopic (exact) mass is 416 g/mol. The van der Waals surface area contributed by atoms with Gasteiger partial charge >= 0.3 is 0 Å². The van der Waals surface area contributed by atoms with Crippen molar-refractivity contribution in [2.24, 2.45) is 22.7 Å². The van der Waals surface area contributed by atoms with Gasteiger partial charge < -0.3 is 10.2 Å². The number of thioether (sulfide) groups is 1. The third-order valence-electron chi connectivity index (χ3n) is 8.68. The van der Waals surface area contributed by atoms with Gasteiger partial charge in [-0.2, -0.15) is 11.8 Å². The van der Waals surface area contributed by atoms with Crippen molar-refractivity contribution in [3.63, 3.8) is 0 Å². The second kappa shape index (κ2) is 7.88. The Morgan fingerprint density at radius 1 is 1.14 bits per heavy atom. The zero-order valence-corrected chi connectivity index (χ0v) is 19.7. The van der Waals surface area contributed by atoms with E-state index in [0.717, 1.165) is 24.5 Å². The highest BCUT2D eigenvalue weighted by molar-refractivity contribution is 8.00. The standard InChI is InChI=1S/C26H40O2S/c1-24(2,28)15-16-29-23(17-27)22-11-10-20-19-9-8-18-7-5-6-13-25(18,3)21(19)12-14-26(20,22)4/h8-9,11,20-21,23,27-28H,5-7,10,12-17H2,1-4H3/t20-,21-,23+,25-,26-/m0/s1. The van der Waals surface area contributed by atoms with E-state index in [1.54, 1.807) is 11.1 Å². The lowest BCUT2D eigenvalue weighted by molar-refractivity contribution is 0.0777. The molecule has 4 aliphatic carbocycles. The summed E-state index contributed by atoms with van der Waals surface area (Å²) in [5, 5.41) is 20.4. The van der Waals surface area contributed by atoms with Crippen LogP contribution in [0.15, 0.2) is 34.9 Å². The number of allylic oxidation sites excluding steroid dienone is 5. The number of hydrogen-bond donors (Lipinski definition) is 2. The molecule has 0 amide bonds. The first-order valence-corrected chi connectivity index (χ1v) is 12.8. The fourth-order valence-electron chi connectivity index (χ4n) is 6.85. The van der Waals surface area contributed by atoms with Crippen LogP contribution in [0.2, 0.25) is 0 Å². The molecule has 0 unspecified atom stereocenters. The molecule has 0 aromatic heterocycles. The molecule has 0 aromatic rings. The van der Waals surface area contributed by atoms with Gasteiger partial charge in [0.15, 0.2) is 0 Å². The highest BCUT2D eigenvalue weighted by Gasteiger charge is 2.54. The summed E-state index contributed by atoms with van der Waals surface area (Å²) in [4.78, 5) is 0. The van der Waals surface area contributed by atoms with Crippen LogP contribution in [0.1, 0.15) is 79.1 Å². The largest absolute Gasteiger partial charge is 0.395 e. The zero-order chi connectivity index (χ0) is 20.9. The second-order valence-corrected chi connectivity index (χ2v) is 12.4. The smallest absolute Gasteiger partial charge is 0.0599 e. The normalized spacial score (nSPS) is 37.7. The van der Waals surface area contributed by atoms with Gasteiger partial charge in [0, 0.05) is 5.25 Å². The summed E-state index contributed by atoms with van der Waals surface area (Å²) < 4.78 is 0. The maximum Gasteiger partial charge on any atom is 0.0599 e. The van der Waals surface area contributed by atoms with Gasteiger partial charge in [0.1, 0.15) is 0 Å². The Morgan fingerprint density at radius 3 is 2.66 bits per heavy atom. The van der Waals surface area contributed by atoms with Crippen molar-refractivity contribution in [1.29, 1.82) is 0 Å². The quantitative estimate of drug-likeness (QED) is 0.518. The lowest BCUT2D eigenvalue weighted by Gasteiger charge is -2.54. The molecule has 2 nitrogen and oxygen atoms in total. The van der Waals surface area contributed by atoms with Gasteiger partial charge in [0.05, 0.1) is 12.2 Å². The highest BCUT2D eigenvalue weighted by Crippen LogP contribution is 2.64. The van der Waals surface area contributed by atoms with Gasteiger partial charge in [-0.1, -0.05) is 55.2 Å². The van der Waals surface area contributed by atoms with E-state index in [1.807, 2.05) is 25.6 Å². The van der Waals surface area contributed by atoms with Gasteiger partial charge in [-0.05, 0) is 87.2 Å². The molecular weight excluding hydrogens is 376 g/mol. The molecule has 2 N–H and O–H groups in total. The Hall–Kier alpha value is -0.510. The van der Waals surface area contributed by atoms with Gasteiger partial charge in [-0.15, -0.1) is 0 Å². The van der Waals surface area contributed by atoms with Crippen molar-refractivity contribution < 1.29 is 10.2 Å². The average Bonchev–Trinajstić information content (AvgIpc) is 3.01. The van der Waals surface area contributed by atoms with Crippen molar-refractivity contribution in [1.82, 2.24) is 0 Å². The summed E-state index contributed by atoms with van der Waals surface area (Å²) in [6, 6.07) is 0. The fourth-order valence-corrected chi connectivity index (χ4v) is 8.40. The highest BCUT2D eigenvalue weighted by atomic mass is 32.2. The molecule has 5 atom stereocenters.